The molecule has 154 valence electrons. The summed E-state index contributed by atoms with van der Waals surface area (Å²) in [5.41, 5.74) is 2.68. The number of anilines is 2. The number of carbonyl (C=O) groups is 2. The number of hydrazone groups is 1. The molecule has 7 heteroatoms. The van der Waals surface area contributed by atoms with Gasteiger partial charge in [0.25, 0.3) is 5.91 Å². The third-order valence-electron chi connectivity index (χ3n) is 5.54. The molecule has 2 aliphatic heterocycles. The van der Waals surface area contributed by atoms with Crippen LogP contribution in [0.25, 0.3) is 0 Å². The minimum absolute atomic E-state index is 0.273. The van der Waals surface area contributed by atoms with E-state index in [2.05, 4.69) is 15.9 Å². The molecule has 6 nitrogen and oxygen atoms in total. The van der Waals surface area contributed by atoms with Crippen LogP contribution in [-0.4, -0.2) is 30.7 Å². The van der Waals surface area contributed by atoms with E-state index in [0.29, 0.717) is 17.1 Å². The molecule has 2 atom stereocenters. The van der Waals surface area contributed by atoms with E-state index in [-0.39, 0.29) is 11.8 Å². The number of ether oxygens (including phenoxy) is 1. The van der Waals surface area contributed by atoms with Gasteiger partial charge in [-0.3, -0.25) is 14.6 Å². The number of carbonyl (C=O) groups excluding carboxylic acids is 2. The smallest absolute Gasteiger partial charge is 0.259 e. The van der Waals surface area contributed by atoms with Crippen molar-refractivity contribution in [2.45, 2.75) is 6.04 Å². The highest BCUT2D eigenvalue weighted by molar-refractivity contribution is 9.10. The monoisotopic (exact) mass is 475 g/mol. The maximum absolute atomic E-state index is 13.5. The van der Waals surface area contributed by atoms with E-state index >= 15 is 0 Å². The normalized spacial score (nSPS) is 20.1. The molecule has 0 spiro atoms. The Morgan fingerprint density at radius 1 is 0.839 bits per heavy atom. The largest absolute Gasteiger partial charge is 0.497 e. The Bertz CT molecular complexity index is 1180. The molecule has 0 aromatic heterocycles. The Hall–Kier alpha value is -3.45. The van der Waals surface area contributed by atoms with Crippen LogP contribution >= 0.6 is 15.9 Å². The summed E-state index contributed by atoms with van der Waals surface area (Å²) in [4.78, 5) is 28.3. The summed E-state index contributed by atoms with van der Waals surface area (Å²) >= 11 is 3.40. The van der Waals surface area contributed by atoms with Gasteiger partial charge in [0.05, 0.1) is 24.2 Å². The SMILES string of the molecule is COc1ccc(C2=NN(c3ccccc3)[C@@H]3C(=O)N(c4ccc(Br)cc4)C(=O)[C@H]23)cc1. The van der Waals surface area contributed by atoms with Crippen molar-refractivity contribution in [3.05, 3.63) is 88.9 Å². The highest BCUT2D eigenvalue weighted by Gasteiger charge is 2.57. The van der Waals surface area contributed by atoms with Gasteiger partial charge in [0.2, 0.25) is 5.91 Å². The molecule has 3 aromatic rings. The molecule has 3 aromatic carbocycles. The summed E-state index contributed by atoms with van der Waals surface area (Å²) in [5, 5.41) is 6.41. The lowest BCUT2D eigenvalue weighted by Gasteiger charge is -2.22. The molecule has 2 heterocycles. The third-order valence-corrected chi connectivity index (χ3v) is 6.07. The molecular weight excluding hydrogens is 458 g/mol. The highest BCUT2D eigenvalue weighted by atomic mass is 79.9. The average Bonchev–Trinajstić information content (AvgIpc) is 3.32. The molecule has 0 unspecified atom stereocenters. The minimum atomic E-state index is -0.726. The Morgan fingerprint density at radius 3 is 2.16 bits per heavy atom. The topological polar surface area (TPSA) is 62.2 Å². The lowest BCUT2D eigenvalue weighted by atomic mass is 9.93. The van der Waals surface area contributed by atoms with Crippen molar-refractivity contribution >= 4 is 44.8 Å². The Balaban J connectivity index is 1.61. The van der Waals surface area contributed by atoms with E-state index in [4.69, 9.17) is 9.84 Å². The van der Waals surface area contributed by atoms with E-state index in [1.165, 1.54) is 4.90 Å². The van der Waals surface area contributed by atoms with Crippen LogP contribution in [0.5, 0.6) is 5.75 Å². The van der Waals surface area contributed by atoms with Gasteiger partial charge >= 0.3 is 0 Å². The van der Waals surface area contributed by atoms with Crippen molar-refractivity contribution in [1.29, 1.82) is 0 Å². The fourth-order valence-corrected chi connectivity index (χ4v) is 4.32. The van der Waals surface area contributed by atoms with Crippen molar-refractivity contribution in [2.24, 2.45) is 11.0 Å². The number of methoxy groups -OCH3 is 1. The molecule has 0 N–H and O–H groups in total. The molecule has 0 bridgehead atoms. The zero-order chi connectivity index (χ0) is 21.5. The lowest BCUT2D eigenvalue weighted by Crippen LogP contribution is -2.39. The van der Waals surface area contributed by atoms with Gasteiger partial charge in [0.1, 0.15) is 17.7 Å². The molecule has 0 saturated carbocycles. The number of benzene rings is 3. The predicted octanol–water partition coefficient (Wildman–Crippen LogP) is 4.24. The fraction of sp³-hybridized carbons (Fsp3) is 0.125. The fourth-order valence-electron chi connectivity index (χ4n) is 4.05. The number of hydrogen-bond acceptors (Lipinski definition) is 5. The molecule has 0 aliphatic carbocycles. The van der Waals surface area contributed by atoms with Crippen LogP contribution in [0.2, 0.25) is 0 Å². The number of rotatable bonds is 4. The second-order valence-corrected chi connectivity index (χ2v) is 8.22. The van der Waals surface area contributed by atoms with Crippen LogP contribution < -0.4 is 14.6 Å². The van der Waals surface area contributed by atoms with Crippen molar-refractivity contribution in [3.63, 3.8) is 0 Å². The number of halogens is 1. The van der Waals surface area contributed by atoms with Crippen molar-refractivity contribution in [2.75, 3.05) is 17.0 Å². The Labute approximate surface area is 187 Å². The van der Waals surface area contributed by atoms with Gasteiger partial charge in [-0.1, -0.05) is 34.1 Å². The predicted molar refractivity (Wildman–Crippen MR) is 122 cm³/mol. The molecule has 2 aliphatic rings. The number of para-hydroxylation sites is 1. The molecule has 1 fully saturated rings. The average molecular weight is 476 g/mol. The molecule has 2 amide bonds. The quantitative estimate of drug-likeness (QED) is 0.529. The summed E-state index contributed by atoms with van der Waals surface area (Å²) in [6.45, 7) is 0. The number of fused-ring (bicyclic) bond motifs is 1. The zero-order valence-corrected chi connectivity index (χ0v) is 18.2. The number of amides is 2. The van der Waals surface area contributed by atoms with Crippen molar-refractivity contribution in [1.82, 2.24) is 0 Å². The zero-order valence-electron chi connectivity index (χ0n) is 16.6. The first-order chi connectivity index (χ1) is 15.1. The van der Waals surface area contributed by atoms with Gasteiger partial charge < -0.3 is 4.74 Å². The van der Waals surface area contributed by atoms with Crippen LogP contribution in [-0.2, 0) is 9.59 Å². The Morgan fingerprint density at radius 2 is 1.52 bits per heavy atom. The van der Waals surface area contributed by atoms with Crippen LogP contribution in [0.1, 0.15) is 5.56 Å². The first kappa shape index (κ1) is 19.5. The number of hydrogen-bond donors (Lipinski definition) is 0. The second-order valence-electron chi connectivity index (χ2n) is 7.30. The van der Waals surface area contributed by atoms with Gasteiger partial charge in [-0.25, -0.2) is 4.90 Å². The highest BCUT2D eigenvalue weighted by Crippen LogP contribution is 2.39. The molecular formula is C24H18BrN3O3. The number of nitrogens with zero attached hydrogens (tertiary/aromatic N) is 3. The second kappa shape index (κ2) is 7.67. The van der Waals surface area contributed by atoms with Gasteiger partial charge in [-0.05, 0) is 66.2 Å². The van der Waals surface area contributed by atoms with Crippen LogP contribution in [0.3, 0.4) is 0 Å². The van der Waals surface area contributed by atoms with E-state index in [0.717, 1.165) is 15.7 Å². The molecule has 5 rings (SSSR count). The maximum Gasteiger partial charge on any atom is 0.259 e. The first-order valence-electron chi connectivity index (χ1n) is 9.79. The summed E-state index contributed by atoms with van der Waals surface area (Å²) in [7, 11) is 1.60. The summed E-state index contributed by atoms with van der Waals surface area (Å²) in [6, 6.07) is 23.3. The van der Waals surface area contributed by atoms with Gasteiger partial charge in [0, 0.05) is 4.47 Å². The van der Waals surface area contributed by atoms with E-state index in [1.54, 1.807) is 24.3 Å². The van der Waals surface area contributed by atoms with Crippen LogP contribution in [0.15, 0.2) is 88.4 Å². The van der Waals surface area contributed by atoms with Crippen molar-refractivity contribution in [3.8, 4) is 5.75 Å². The minimum Gasteiger partial charge on any atom is -0.497 e. The molecule has 0 radical (unpaired) electrons. The van der Waals surface area contributed by atoms with Gasteiger partial charge in [0.15, 0.2) is 0 Å². The molecule has 1 saturated heterocycles. The Kier molecular flexibility index (Phi) is 4.82. The first-order valence-corrected chi connectivity index (χ1v) is 10.6. The van der Waals surface area contributed by atoms with E-state index in [1.807, 2.05) is 66.7 Å². The number of imide groups is 1. The van der Waals surface area contributed by atoms with E-state index in [9.17, 15) is 9.59 Å². The summed E-state index contributed by atoms with van der Waals surface area (Å²) in [5.74, 6) is -0.535. The lowest BCUT2D eigenvalue weighted by molar-refractivity contribution is -0.121. The van der Waals surface area contributed by atoms with Crippen LogP contribution in [0, 0.1) is 5.92 Å². The molecule has 31 heavy (non-hydrogen) atoms. The summed E-state index contributed by atoms with van der Waals surface area (Å²) < 4.78 is 6.12. The van der Waals surface area contributed by atoms with Gasteiger partial charge in [-0.2, -0.15) is 5.10 Å². The summed E-state index contributed by atoms with van der Waals surface area (Å²) in [6.07, 6.45) is 0. The van der Waals surface area contributed by atoms with Crippen molar-refractivity contribution < 1.29 is 14.3 Å². The van der Waals surface area contributed by atoms with Gasteiger partial charge in [-0.15, -0.1) is 0 Å². The van der Waals surface area contributed by atoms with Crippen LogP contribution in [0.4, 0.5) is 11.4 Å². The third kappa shape index (κ3) is 3.21. The van der Waals surface area contributed by atoms with E-state index < -0.39 is 12.0 Å². The maximum atomic E-state index is 13.5. The standard InChI is InChI=1S/C24H18BrN3O3/c1-31-19-13-7-15(8-14-19)21-20-22(28(26-21)18-5-3-2-4-6-18)24(30)27(23(20)29)17-11-9-16(25)10-12-17/h2-14,20,22H,1H3/t20-,22+/m1/s1.